The molecule has 3 aromatic rings. The summed E-state index contributed by atoms with van der Waals surface area (Å²) in [5.41, 5.74) is 1.22. The van der Waals surface area contributed by atoms with Crippen LogP contribution in [0.2, 0.25) is 0 Å². The van der Waals surface area contributed by atoms with Crippen molar-refractivity contribution in [1.29, 1.82) is 0 Å². The number of fused-ring (bicyclic) bond motifs is 1. The molecule has 11 heteroatoms. The molecule has 0 spiro atoms. The summed E-state index contributed by atoms with van der Waals surface area (Å²) in [6, 6.07) is 11.1. The third-order valence-corrected chi connectivity index (χ3v) is 7.93. The average Bonchev–Trinajstić information content (AvgIpc) is 3.29. The van der Waals surface area contributed by atoms with Crippen molar-refractivity contribution < 1.29 is 22.7 Å². The molecule has 0 aliphatic carbocycles. The van der Waals surface area contributed by atoms with Gasteiger partial charge in [0.05, 0.1) is 16.2 Å². The van der Waals surface area contributed by atoms with E-state index < -0.39 is 22.5 Å². The number of hydrogen-bond donors (Lipinski definition) is 2. The van der Waals surface area contributed by atoms with Crippen molar-refractivity contribution in [3.05, 3.63) is 59.9 Å². The molecule has 0 saturated carbocycles. The number of pyridine rings is 1. The zero-order chi connectivity index (χ0) is 26.6. The maximum absolute atomic E-state index is 12.4. The first kappa shape index (κ1) is 27.0. The number of ether oxygens (including phenoxy) is 1. The number of hydrogen-bond acceptors (Lipinski definition) is 7. The van der Waals surface area contributed by atoms with Crippen LogP contribution < -0.4 is 9.62 Å². The number of amides is 2. The van der Waals surface area contributed by atoms with Crippen LogP contribution in [0.4, 0.5) is 9.80 Å². The van der Waals surface area contributed by atoms with E-state index in [1.165, 1.54) is 11.3 Å². The molecule has 0 radical (unpaired) electrons. The lowest BCUT2D eigenvalue weighted by atomic mass is 9.86. The van der Waals surface area contributed by atoms with Gasteiger partial charge >= 0.3 is 6.09 Å². The standard InChI is InChI=1S/C26H32N4O5S2/c1-26(2,3)35-25(32)29-12-9-20(10-13-29)24(28-37(33)34)19-6-4-18(5-7-19)16-30(17-31)23-14-21-8-11-27-15-22(21)36-23/h4-8,11,14-15,17,20,24,37H,9-10,12-13,16H2,1-3H3,(H,28,33,34). The highest BCUT2D eigenvalue weighted by Gasteiger charge is 2.31. The molecule has 4 rings (SSSR count). The number of piperidine rings is 1. The number of nitrogens with one attached hydrogen (secondary N) is 1. The van der Waals surface area contributed by atoms with Crippen molar-refractivity contribution in [2.24, 2.45) is 5.92 Å². The number of aromatic nitrogens is 1. The van der Waals surface area contributed by atoms with Gasteiger partial charge in [0.15, 0.2) is 0 Å². The summed E-state index contributed by atoms with van der Waals surface area (Å²) < 4.78 is 32.4. The van der Waals surface area contributed by atoms with Gasteiger partial charge in [-0.2, -0.15) is 0 Å². The summed E-state index contributed by atoms with van der Waals surface area (Å²) in [5, 5.41) is 1.87. The van der Waals surface area contributed by atoms with E-state index in [-0.39, 0.29) is 12.0 Å². The van der Waals surface area contributed by atoms with Gasteiger partial charge in [-0.15, -0.1) is 11.3 Å². The molecule has 1 aliphatic rings. The summed E-state index contributed by atoms with van der Waals surface area (Å²) in [4.78, 5) is 31.7. The zero-order valence-electron chi connectivity index (χ0n) is 21.1. The van der Waals surface area contributed by atoms with Crippen LogP contribution in [-0.2, 0) is 27.0 Å². The lowest BCUT2D eigenvalue weighted by Crippen LogP contribution is -2.44. The van der Waals surface area contributed by atoms with Crippen molar-refractivity contribution in [1.82, 2.24) is 14.6 Å². The number of thiophene rings is 1. The molecule has 198 valence electrons. The van der Waals surface area contributed by atoms with E-state index in [2.05, 4.69) is 9.71 Å². The Morgan fingerprint density at radius 3 is 2.54 bits per heavy atom. The zero-order valence-corrected chi connectivity index (χ0v) is 22.8. The van der Waals surface area contributed by atoms with Gasteiger partial charge in [-0.05, 0) is 68.2 Å². The first-order chi connectivity index (χ1) is 17.6. The van der Waals surface area contributed by atoms with Crippen molar-refractivity contribution >= 4 is 49.8 Å². The van der Waals surface area contributed by atoms with Crippen LogP contribution in [-0.4, -0.2) is 49.5 Å². The Labute approximate surface area is 222 Å². The smallest absolute Gasteiger partial charge is 0.410 e. The Bertz CT molecular complexity index is 1270. The SMILES string of the molecule is CC(C)(C)OC(=O)N1CCC(C(N[SH](=O)=O)c2ccc(CN(C=O)c3cc4ccncc4s3)cc2)CC1. The highest BCUT2D eigenvalue weighted by molar-refractivity contribution is 7.70. The van der Waals surface area contributed by atoms with Crippen LogP contribution >= 0.6 is 11.3 Å². The fraction of sp³-hybridized carbons (Fsp3) is 0.423. The summed E-state index contributed by atoms with van der Waals surface area (Å²) in [5.74, 6) is 0.0380. The molecule has 9 nitrogen and oxygen atoms in total. The molecule has 1 saturated heterocycles. The number of nitrogens with zero attached hydrogens (tertiary/aromatic N) is 3. The highest BCUT2D eigenvalue weighted by Crippen LogP contribution is 2.34. The van der Waals surface area contributed by atoms with Gasteiger partial charge in [-0.1, -0.05) is 24.3 Å². The summed E-state index contributed by atoms with van der Waals surface area (Å²) in [6.45, 7) is 6.91. The van der Waals surface area contributed by atoms with Crippen LogP contribution in [0.15, 0.2) is 48.8 Å². The fourth-order valence-corrected chi connectivity index (χ4v) is 6.10. The van der Waals surface area contributed by atoms with E-state index in [0.717, 1.165) is 32.6 Å². The number of anilines is 1. The third-order valence-electron chi connectivity index (χ3n) is 6.32. The lowest BCUT2D eigenvalue weighted by molar-refractivity contribution is -0.107. The molecule has 1 unspecified atom stereocenters. The molecule has 0 bridgehead atoms. The van der Waals surface area contributed by atoms with Gasteiger partial charge in [0, 0.05) is 31.5 Å². The third kappa shape index (κ3) is 7.06. The Balaban J connectivity index is 1.43. The van der Waals surface area contributed by atoms with Crippen LogP contribution in [0.3, 0.4) is 0 Å². The van der Waals surface area contributed by atoms with Crippen LogP contribution in [0.5, 0.6) is 0 Å². The second kappa shape index (κ2) is 11.6. The van der Waals surface area contributed by atoms with Crippen LogP contribution in [0.1, 0.15) is 50.8 Å². The molecule has 1 N–H and O–H groups in total. The lowest BCUT2D eigenvalue weighted by Gasteiger charge is -2.36. The molecular weight excluding hydrogens is 512 g/mol. The second-order valence-electron chi connectivity index (χ2n) is 10.1. The Morgan fingerprint density at radius 1 is 1.24 bits per heavy atom. The van der Waals surface area contributed by atoms with Crippen LogP contribution in [0.25, 0.3) is 10.1 Å². The van der Waals surface area contributed by atoms with E-state index in [0.29, 0.717) is 32.5 Å². The number of rotatable bonds is 8. The Morgan fingerprint density at radius 2 is 1.95 bits per heavy atom. The van der Waals surface area contributed by atoms with Gasteiger partial charge in [-0.3, -0.25) is 9.78 Å². The molecule has 1 aliphatic heterocycles. The number of carbonyl (C=O) groups is 2. The van der Waals surface area contributed by atoms with E-state index in [4.69, 9.17) is 4.74 Å². The minimum atomic E-state index is -2.81. The molecule has 1 atom stereocenters. The fourth-order valence-electron chi connectivity index (χ4n) is 4.51. The molecule has 3 heterocycles. The van der Waals surface area contributed by atoms with E-state index in [1.54, 1.807) is 22.2 Å². The number of thiol groups is 1. The first-order valence-electron chi connectivity index (χ1n) is 12.2. The molecule has 1 aromatic carbocycles. The minimum Gasteiger partial charge on any atom is -0.444 e. The number of benzene rings is 1. The van der Waals surface area contributed by atoms with E-state index in [9.17, 15) is 18.0 Å². The topological polar surface area (TPSA) is 109 Å². The normalized spacial score (nSPS) is 15.6. The second-order valence-corrected chi connectivity index (χ2v) is 12.0. The van der Waals surface area contributed by atoms with Gasteiger partial charge < -0.3 is 14.5 Å². The molecule has 2 amide bonds. The average molecular weight is 545 g/mol. The highest BCUT2D eigenvalue weighted by atomic mass is 32.2. The van der Waals surface area contributed by atoms with Gasteiger partial charge in [-0.25, -0.2) is 17.9 Å². The van der Waals surface area contributed by atoms with Gasteiger partial charge in [0.1, 0.15) is 5.60 Å². The van der Waals surface area contributed by atoms with Gasteiger partial charge in [0.25, 0.3) is 0 Å². The van der Waals surface area contributed by atoms with Crippen molar-refractivity contribution in [2.75, 3.05) is 18.0 Å². The summed E-state index contributed by atoms with van der Waals surface area (Å²) >= 11 is 1.51. The maximum Gasteiger partial charge on any atom is 0.410 e. The molecular formula is C26H32N4O5S2. The predicted octanol–water partition coefficient (Wildman–Crippen LogP) is 4.26. The summed E-state index contributed by atoms with van der Waals surface area (Å²) in [7, 11) is -2.81. The van der Waals surface area contributed by atoms with Crippen molar-refractivity contribution in [3.8, 4) is 0 Å². The monoisotopic (exact) mass is 544 g/mol. The molecule has 1 fully saturated rings. The Kier molecular flexibility index (Phi) is 8.46. The first-order valence-corrected chi connectivity index (χ1v) is 14.1. The van der Waals surface area contributed by atoms with E-state index >= 15 is 0 Å². The summed E-state index contributed by atoms with van der Waals surface area (Å²) in [6.07, 6.45) is 5.29. The minimum absolute atomic E-state index is 0.0380. The van der Waals surface area contributed by atoms with Crippen molar-refractivity contribution in [3.63, 3.8) is 0 Å². The molecule has 2 aromatic heterocycles. The van der Waals surface area contributed by atoms with Crippen molar-refractivity contribution in [2.45, 2.75) is 51.8 Å². The van der Waals surface area contributed by atoms with E-state index in [1.807, 2.05) is 57.2 Å². The molecule has 37 heavy (non-hydrogen) atoms. The number of likely N-dealkylation sites (tertiary alicyclic amines) is 1. The van der Waals surface area contributed by atoms with Gasteiger partial charge in [0.2, 0.25) is 17.3 Å². The van der Waals surface area contributed by atoms with Crippen LogP contribution in [0, 0.1) is 5.92 Å². The quantitative estimate of drug-likeness (QED) is 0.324. The maximum atomic E-state index is 12.4. The Hall–Kier alpha value is -3.02. The largest absolute Gasteiger partial charge is 0.444 e. The predicted molar refractivity (Wildman–Crippen MR) is 145 cm³/mol. The number of carbonyl (C=O) groups excluding carboxylic acids is 2.